The van der Waals surface area contributed by atoms with E-state index in [9.17, 15) is 19.1 Å². The number of carbonyl (C=O) groups excluding carboxylic acids is 2. The van der Waals surface area contributed by atoms with E-state index in [4.69, 9.17) is 0 Å². The Morgan fingerprint density at radius 2 is 2.05 bits per heavy atom. The maximum atomic E-state index is 14.4. The Kier molecular flexibility index (Phi) is 6.64. The number of benzene rings is 1. The molecule has 3 atom stereocenters. The van der Waals surface area contributed by atoms with E-state index in [1.807, 2.05) is 17.9 Å². The molecule has 4 N–H and O–H groups in total. The van der Waals surface area contributed by atoms with Crippen LogP contribution in [0.4, 0.5) is 4.39 Å². The van der Waals surface area contributed by atoms with Crippen molar-refractivity contribution in [1.82, 2.24) is 25.6 Å². The Labute approximate surface area is 228 Å². The molecule has 2 saturated heterocycles. The quantitative estimate of drug-likeness (QED) is 0.455. The standard InChI is InChI=1S/C30H38FN5O3/c1-3-19-14-21(31)15-25-22(19)16-26(32-25)27(38)36-13-10-24-23(17-36)30(34-33-24,20-8-6-4-5-7-9-20)28(39)35(2)29(18-37)11-12-29/h6,8-9,14-16,23-24,32-34,37H,3-5,7,10-13,17-18H2,1-2H3. The van der Waals surface area contributed by atoms with E-state index in [0.717, 1.165) is 48.6 Å². The molecule has 0 spiro atoms. The first kappa shape index (κ1) is 26.2. The topological polar surface area (TPSA) is 101 Å². The van der Waals surface area contributed by atoms with E-state index in [1.54, 1.807) is 11.9 Å². The lowest BCUT2D eigenvalue weighted by atomic mass is 9.72. The molecule has 1 aromatic heterocycles. The SMILES string of the molecule is CCc1cc(F)cc2[nH]c(C(=O)N3CCC4NNC(C(=O)N(C)C5(CO)CC5)(C5=CCCCC=C5)C4C3)cc12. The highest BCUT2D eigenvalue weighted by Crippen LogP contribution is 2.46. The van der Waals surface area contributed by atoms with E-state index in [2.05, 4.69) is 34.1 Å². The summed E-state index contributed by atoms with van der Waals surface area (Å²) in [5.74, 6) is -0.748. The van der Waals surface area contributed by atoms with Crippen LogP contribution in [0.25, 0.3) is 10.9 Å². The van der Waals surface area contributed by atoms with Crippen molar-refractivity contribution in [2.45, 2.75) is 69.0 Å². The number of fused-ring (bicyclic) bond motifs is 2. The number of nitrogens with one attached hydrogen (secondary N) is 3. The van der Waals surface area contributed by atoms with Crippen molar-refractivity contribution in [3.8, 4) is 0 Å². The average molecular weight is 536 g/mol. The van der Waals surface area contributed by atoms with Crippen LogP contribution in [0.2, 0.25) is 0 Å². The monoisotopic (exact) mass is 535 g/mol. The minimum atomic E-state index is -1.05. The largest absolute Gasteiger partial charge is 0.394 e. The molecule has 1 aromatic carbocycles. The zero-order valence-electron chi connectivity index (χ0n) is 22.7. The molecule has 2 aromatic rings. The number of halogens is 1. The summed E-state index contributed by atoms with van der Waals surface area (Å²) in [6.07, 6.45) is 12.1. The van der Waals surface area contributed by atoms with Crippen molar-refractivity contribution in [3.05, 3.63) is 59.1 Å². The van der Waals surface area contributed by atoms with Gasteiger partial charge in [0.2, 0.25) is 5.91 Å². The smallest absolute Gasteiger partial charge is 0.270 e. The first-order valence-corrected chi connectivity index (χ1v) is 14.2. The number of aromatic nitrogens is 1. The molecule has 0 radical (unpaired) electrons. The first-order chi connectivity index (χ1) is 18.8. The predicted molar refractivity (Wildman–Crippen MR) is 147 cm³/mol. The number of aliphatic hydroxyl groups excluding tert-OH is 1. The number of aryl methyl sites for hydroxylation is 1. The summed E-state index contributed by atoms with van der Waals surface area (Å²) in [6.45, 7) is 2.85. The highest BCUT2D eigenvalue weighted by Gasteiger charge is 2.61. The van der Waals surface area contributed by atoms with Crippen molar-refractivity contribution >= 4 is 22.7 Å². The van der Waals surface area contributed by atoms with Crippen LogP contribution >= 0.6 is 0 Å². The molecule has 208 valence electrons. The number of aliphatic hydroxyl groups is 1. The van der Waals surface area contributed by atoms with E-state index in [-0.39, 0.29) is 36.2 Å². The van der Waals surface area contributed by atoms with E-state index in [0.29, 0.717) is 37.1 Å². The second kappa shape index (κ2) is 9.87. The minimum Gasteiger partial charge on any atom is -0.394 e. The maximum absolute atomic E-state index is 14.4. The molecular formula is C30H38FN5O3. The molecule has 9 heteroatoms. The minimum absolute atomic E-state index is 0.0109. The van der Waals surface area contributed by atoms with E-state index in [1.165, 1.54) is 12.1 Å². The van der Waals surface area contributed by atoms with Gasteiger partial charge < -0.3 is 19.9 Å². The zero-order chi connectivity index (χ0) is 27.4. The number of carbonyl (C=O) groups is 2. The van der Waals surface area contributed by atoms with E-state index >= 15 is 0 Å². The lowest BCUT2D eigenvalue weighted by Gasteiger charge is -2.44. The second-order valence-electron chi connectivity index (χ2n) is 11.6. The normalized spacial score (nSPS) is 27.7. The summed E-state index contributed by atoms with van der Waals surface area (Å²) in [6, 6.07) is 4.79. The molecular weight excluding hydrogens is 497 g/mol. The fourth-order valence-corrected chi connectivity index (χ4v) is 6.81. The van der Waals surface area contributed by atoms with Gasteiger partial charge in [0.05, 0.1) is 12.1 Å². The Bertz CT molecular complexity index is 1360. The van der Waals surface area contributed by atoms with Gasteiger partial charge in [-0.05, 0) is 74.3 Å². The van der Waals surface area contributed by atoms with Crippen molar-refractivity contribution in [3.63, 3.8) is 0 Å². The molecule has 4 aliphatic rings. The number of rotatable bonds is 6. The molecule has 0 bridgehead atoms. The number of hydrogen-bond donors (Lipinski definition) is 4. The number of piperidine rings is 1. The Balaban J connectivity index is 1.35. The fraction of sp³-hybridized carbons (Fsp3) is 0.533. The molecule has 6 rings (SSSR count). The summed E-state index contributed by atoms with van der Waals surface area (Å²) in [5, 5.41) is 11.0. The van der Waals surface area contributed by atoms with Gasteiger partial charge in [-0.3, -0.25) is 15.0 Å². The van der Waals surface area contributed by atoms with Gasteiger partial charge in [-0.2, -0.15) is 0 Å². The summed E-state index contributed by atoms with van der Waals surface area (Å²) in [7, 11) is 1.80. The van der Waals surface area contributed by atoms with Gasteiger partial charge in [0.15, 0.2) is 0 Å². The number of allylic oxidation sites excluding steroid dienone is 2. The number of H-pyrrole nitrogens is 1. The van der Waals surface area contributed by atoms with Gasteiger partial charge in [0.25, 0.3) is 5.91 Å². The highest BCUT2D eigenvalue weighted by molar-refractivity contribution is 5.99. The van der Waals surface area contributed by atoms with Crippen LogP contribution in [0.5, 0.6) is 0 Å². The third kappa shape index (κ3) is 4.22. The van der Waals surface area contributed by atoms with Crippen LogP contribution in [-0.4, -0.2) is 75.6 Å². The molecule has 1 saturated carbocycles. The number of aromatic amines is 1. The number of hydrogen-bond acceptors (Lipinski definition) is 5. The van der Waals surface area contributed by atoms with Crippen molar-refractivity contribution in [1.29, 1.82) is 0 Å². The van der Waals surface area contributed by atoms with Gasteiger partial charge in [-0.1, -0.05) is 25.2 Å². The Morgan fingerprint density at radius 1 is 1.23 bits per heavy atom. The fourth-order valence-electron chi connectivity index (χ4n) is 6.81. The summed E-state index contributed by atoms with van der Waals surface area (Å²) in [4.78, 5) is 35.0. The predicted octanol–water partition coefficient (Wildman–Crippen LogP) is 3.20. The lowest BCUT2D eigenvalue weighted by molar-refractivity contribution is -0.141. The molecule has 2 amide bonds. The molecule has 3 heterocycles. The van der Waals surface area contributed by atoms with E-state index < -0.39 is 11.1 Å². The number of likely N-dealkylation sites (tertiary alicyclic amines) is 1. The van der Waals surface area contributed by atoms with Gasteiger partial charge in [0, 0.05) is 43.0 Å². The van der Waals surface area contributed by atoms with Crippen molar-refractivity contribution in [2.75, 3.05) is 26.7 Å². The first-order valence-electron chi connectivity index (χ1n) is 14.2. The maximum Gasteiger partial charge on any atom is 0.270 e. The molecule has 2 aliphatic carbocycles. The summed E-state index contributed by atoms with van der Waals surface area (Å²) < 4.78 is 14.2. The summed E-state index contributed by atoms with van der Waals surface area (Å²) in [5.41, 5.74) is 8.11. The van der Waals surface area contributed by atoms with Crippen LogP contribution in [0, 0.1) is 11.7 Å². The number of nitrogens with zero attached hydrogens (tertiary/aromatic N) is 2. The highest BCUT2D eigenvalue weighted by atomic mass is 19.1. The Hall–Kier alpha value is -3.01. The third-order valence-corrected chi connectivity index (χ3v) is 9.48. The Morgan fingerprint density at radius 3 is 2.79 bits per heavy atom. The van der Waals surface area contributed by atoms with Crippen molar-refractivity contribution in [2.24, 2.45) is 5.92 Å². The molecule has 39 heavy (non-hydrogen) atoms. The van der Waals surface area contributed by atoms with Crippen LogP contribution in [0.1, 0.15) is 61.5 Å². The zero-order valence-corrected chi connectivity index (χ0v) is 22.7. The van der Waals surface area contributed by atoms with Gasteiger partial charge >= 0.3 is 0 Å². The number of hydrazine groups is 1. The van der Waals surface area contributed by atoms with Gasteiger partial charge in [-0.25, -0.2) is 9.82 Å². The van der Waals surface area contributed by atoms with Gasteiger partial charge in [0.1, 0.15) is 17.1 Å². The number of likely N-dealkylation sites (N-methyl/N-ethyl adjacent to an activating group) is 1. The molecule has 3 fully saturated rings. The lowest BCUT2D eigenvalue weighted by Crippen LogP contribution is -2.64. The van der Waals surface area contributed by atoms with Crippen LogP contribution in [-0.2, 0) is 11.2 Å². The molecule has 3 unspecified atom stereocenters. The second-order valence-corrected chi connectivity index (χ2v) is 11.6. The van der Waals surface area contributed by atoms with Crippen LogP contribution < -0.4 is 10.9 Å². The van der Waals surface area contributed by atoms with Crippen molar-refractivity contribution < 1.29 is 19.1 Å². The average Bonchev–Trinajstić information content (AvgIpc) is 3.60. The summed E-state index contributed by atoms with van der Waals surface area (Å²) >= 11 is 0. The molecule has 2 aliphatic heterocycles. The van der Waals surface area contributed by atoms with Crippen LogP contribution in [0.15, 0.2) is 42.0 Å². The van der Waals surface area contributed by atoms with Gasteiger partial charge in [-0.15, -0.1) is 0 Å². The molecule has 8 nitrogen and oxygen atoms in total. The number of amides is 2. The third-order valence-electron chi connectivity index (χ3n) is 9.48. The van der Waals surface area contributed by atoms with Crippen LogP contribution in [0.3, 0.4) is 0 Å².